The number of benzene rings is 1. The minimum atomic E-state index is -0.736. The first kappa shape index (κ1) is 31.6. The van der Waals surface area contributed by atoms with Crippen LogP contribution >= 0.6 is 43.2 Å². The van der Waals surface area contributed by atoms with Gasteiger partial charge in [-0.25, -0.2) is 9.59 Å². The molecule has 238 valence electrons. The van der Waals surface area contributed by atoms with E-state index in [1.54, 1.807) is 28.4 Å². The van der Waals surface area contributed by atoms with E-state index >= 15 is 0 Å². The van der Waals surface area contributed by atoms with Crippen molar-refractivity contribution < 1.29 is 19.5 Å². The molecule has 1 aromatic carbocycles. The highest BCUT2D eigenvalue weighted by Crippen LogP contribution is 2.34. The number of piperidine rings is 3. The molecule has 13 heteroatoms. The van der Waals surface area contributed by atoms with Crippen molar-refractivity contribution >= 4 is 66.9 Å². The summed E-state index contributed by atoms with van der Waals surface area (Å²) in [5.41, 5.74) is 2.85. The SMILES string of the molecule is O=C(N[C@@H](Cc1cc(Br)c(O)c(Br)c1)C(=O)N1CCC(N2CCCCC2)CC1)N1CCC(N2Cc3cscc3NC2=O)CC1. The van der Waals surface area contributed by atoms with E-state index in [9.17, 15) is 19.5 Å². The van der Waals surface area contributed by atoms with Crippen LogP contribution in [-0.4, -0.2) is 100 Å². The summed E-state index contributed by atoms with van der Waals surface area (Å²) < 4.78 is 1.06. The van der Waals surface area contributed by atoms with Gasteiger partial charge >= 0.3 is 12.1 Å². The van der Waals surface area contributed by atoms with Gasteiger partial charge in [0.05, 0.1) is 21.2 Å². The summed E-state index contributed by atoms with van der Waals surface area (Å²) in [6, 6.07) is 3.08. The van der Waals surface area contributed by atoms with Gasteiger partial charge in [-0.2, -0.15) is 0 Å². The lowest BCUT2D eigenvalue weighted by molar-refractivity contribution is -0.134. The fraction of sp³-hybridized carbons (Fsp3) is 0.581. The first-order chi connectivity index (χ1) is 21.3. The maximum Gasteiger partial charge on any atom is 0.322 e. The number of halogens is 2. The molecule has 4 aliphatic heterocycles. The second-order valence-electron chi connectivity index (χ2n) is 12.4. The molecule has 0 saturated carbocycles. The Bertz CT molecular complexity index is 1350. The number of rotatable bonds is 6. The Labute approximate surface area is 279 Å². The maximum atomic E-state index is 14.0. The van der Waals surface area contributed by atoms with E-state index in [2.05, 4.69) is 52.8 Å². The number of urea groups is 2. The lowest BCUT2D eigenvalue weighted by atomic mass is 9.98. The van der Waals surface area contributed by atoms with Crippen molar-refractivity contribution in [3.05, 3.63) is 43.0 Å². The number of phenolic OH excluding ortho intramolecular Hbond substituents is 1. The van der Waals surface area contributed by atoms with Gasteiger partial charge < -0.3 is 35.3 Å². The van der Waals surface area contributed by atoms with E-state index in [1.807, 2.05) is 15.2 Å². The number of carbonyl (C=O) groups excluding carboxylic acids is 3. The molecule has 0 spiro atoms. The summed E-state index contributed by atoms with van der Waals surface area (Å²) in [5, 5.41) is 20.3. The Hall–Kier alpha value is -2.35. The Morgan fingerprint density at radius 3 is 2.25 bits per heavy atom. The van der Waals surface area contributed by atoms with Crippen LogP contribution < -0.4 is 10.6 Å². The smallest absolute Gasteiger partial charge is 0.322 e. The molecule has 2 aromatic rings. The number of carbonyl (C=O) groups is 3. The molecule has 1 aromatic heterocycles. The summed E-state index contributed by atoms with van der Waals surface area (Å²) in [5.74, 6) is 0.0307. The van der Waals surface area contributed by atoms with Gasteiger partial charge in [-0.1, -0.05) is 6.42 Å². The number of thiophene rings is 1. The van der Waals surface area contributed by atoms with Gasteiger partial charge in [-0.05, 0) is 107 Å². The van der Waals surface area contributed by atoms with Gasteiger partial charge in [0.2, 0.25) is 5.91 Å². The number of amides is 5. The normalized spacial score (nSPS) is 21.1. The zero-order chi connectivity index (χ0) is 30.8. The quantitative estimate of drug-likeness (QED) is 0.357. The van der Waals surface area contributed by atoms with Crippen LogP contribution in [0, 0.1) is 0 Å². The van der Waals surface area contributed by atoms with Crippen LogP contribution in [0.3, 0.4) is 0 Å². The monoisotopic (exact) mass is 750 g/mol. The summed E-state index contributed by atoms with van der Waals surface area (Å²) in [6.45, 7) is 5.27. The van der Waals surface area contributed by atoms with Gasteiger partial charge in [0, 0.05) is 55.6 Å². The Kier molecular flexibility index (Phi) is 10.0. The third-order valence-corrected chi connectivity index (χ3v) is 11.6. The van der Waals surface area contributed by atoms with Gasteiger partial charge in [0.1, 0.15) is 11.8 Å². The number of fused-ring (bicyclic) bond motifs is 1. The fourth-order valence-corrected chi connectivity index (χ4v) is 9.10. The van der Waals surface area contributed by atoms with Crippen molar-refractivity contribution in [3.63, 3.8) is 0 Å². The number of likely N-dealkylation sites (tertiary alicyclic amines) is 3. The van der Waals surface area contributed by atoms with Crippen molar-refractivity contribution in [2.75, 3.05) is 44.6 Å². The second kappa shape index (κ2) is 14.0. The minimum absolute atomic E-state index is 0.0532. The number of aromatic hydroxyl groups is 1. The highest BCUT2D eigenvalue weighted by atomic mass is 79.9. The molecule has 1 atom stereocenters. The van der Waals surface area contributed by atoms with Crippen molar-refractivity contribution in [1.29, 1.82) is 0 Å². The molecule has 0 radical (unpaired) electrons. The second-order valence-corrected chi connectivity index (χ2v) is 14.8. The third-order valence-electron chi connectivity index (χ3n) is 9.57. The van der Waals surface area contributed by atoms with E-state index in [0.717, 1.165) is 42.7 Å². The lowest BCUT2D eigenvalue weighted by Gasteiger charge is -2.41. The van der Waals surface area contributed by atoms with Crippen LogP contribution in [0.4, 0.5) is 15.3 Å². The fourth-order valence-electron chi connectivity index (χ4n) is 7.04. The Morgan fingerprint density at radius 2 is 1.57 bits per heavy atom. The Balaban J connectivity index is 1.09. The molecule has 3 saturated heterocycles. The van der Waals surface area contributed by atoms with Crippen molar-refractivity contribution in [3.8, 4) is 5.75 Å². The molecule has 0 bridgehead atoms. The molecular weight excluding hydrogens is 712 g/mol. The predicted octanol–water partition coefficient (Wildman–Crippen LogP) is 5.59. The molecule has 44 heavy (non-hydrogen) atoms. The van der Waals surface area contributed by atoms with Crippen LogP contribution in [0.2, 0.25) is 0 Å². The molecule has 3 fully saturated rings. The predicted molar refractivity (Wildman–Crippen MR) is 178 cm³/mol. The first-order valence-corrected chi connectivity index (χ1v) is 18.2. The van der Waals surface area contributed by atoms with E-state index in [0.29, 0.717) is 67.0 Å². The summed E-state index contributed by atoms with van der Waals surface area (Å²) in [6.07, 6.45) is 7.38. The van der Waals surface area contributed by atoms with Crippen molar-refractivity contribution in [1.82, 2.24) is 24.9 Å². The number of hydrogen-bond acceptors (Lipinski definition) is 6. The average Bonchev–Trinajstić information content (AvgIpc) is 3.50. The zero-order valence-electron chi connectivity index (χ0n) is 24.8. The highest BCUT2D eigenvalue weighted by Gasteiger charge is 2.36. The minimum Gasteiger partial charge on any atom is -0.506 e. The van der Waals surface area contributed by atoms with Gasteiger partial charge in [0.15, 0.2) is 0 Å². The number of phenols is 1. The van der Waals surface area contributed by atoms with Gasteiger partial charge in [-0.15, -0.1) is 11.3 Å². The molecule has 4 aliphatic rings. The topological polar surface area (TPSA) is 108 Å². The van der Waals surface area contributed by atoms with Crippen molar-refractivity contribution in [2.45, 2.75) is 76.0 Å². The zero-order valence-corrected chi connectivity index (χ0v) is 28.8. The average molecular weight is 753 g/mol. The lowest BCUT2D eigenvalue weighted by Crippen LogP contribution is -2.57. The van der Waals surface area contributed by atoms with E-state index in [-0.39, 0.29) is 29.8 Å². The highest BCUT2D eigenvalue weighted by molar-refractivity contribution is 9.11. The molecule has 10 nitrogen and oxygen atoms in total. The molecule has 6 rings (SSSR count). The summed E-state index contributed by atoms with van der Waals surface area (Å²) >= 11 is 8.38. The van der Waals surface area contributed by atoms with E-state index in [1.165, 1.54) is 19.3 Å². The van der Waals surface area contributed by atoms with Crippen LogP contribution in [0.15, 0.2) is 31.8 Å². The number of nitrogens with zero attached hydrogens (tertiary/aromatic N) is 4. The van der Waals surface area contributed by atoms with Crippen LogP contribution in [-0.2, 0) is 17.8 Å². The van der Waals surface area contributed by atoms with Crippen LogP contribution in [0.5, 0.6) is 5.75 Å². The standard InChI is InChI=1S/C31H40Br2N6O4S/c32-24-14-20(15-25(33)28(24)40)16-26(29(41)37-10-4-22(5-11-37)36-8-2-1-3-9-36)34-30(42)38-12-6-23(7-13-38)39-17-21-18-44-19-27(21)35-31(39)43/h14-15,18-19,22-23,26,40H,1-13,16-17H2,(H,34,42)(H,35,43)/t26-/m0/s1. The van der Waals surface area contributed by atoms with Crippen LogP contribution in [0.25, 0.3) is 0 Å². The Morgan fingerprint density at radius 1 is 0.932 bits per heavy atom. The molecule has 0 unspecified atom stereocenters. The third kappa shape index (κ3) is 7.05. The molecule has 5 amide bonds. The van der Waals surface area contributed by atoms with E-state index in [4.69, 9.17) is 0 Å². The first-order valence-electron chi connectivity index (χ1n) is 15.6. The number of nitrogens with one attached hydrogen (secondary N) is 2. The van der Waals surface area contributed by atoms with Gasteiger partial charge in [-0.3, -0.25) is 4.79 Å². The maximum absolute atomic E-state index is 14.0. The van der Waals surface area contributed by atoms with Crippen LogP contribution in [0.1, 0.15) is 56.1 Å². The summed E-state index contributed by atoms with van der Waals surface area (Å²) in [4.78, 5) is 48.5. The molecule has 5 heterocycles. The number of anilines is 1. The largest absolute Gasteiger partial charge is 0.506 e. The molecular formula is C31H40Br2N6O4S. The molecule has 0 aliphatic carbocycles. The van der Waals surface area contributed by atoms with Gasteiger partial charge in [0.25, 0.3) is 0 Å². The van der Waals surface area contributed by atoms with Crippen molar-refractivity contribution in [2.24, 2.45) is 0 Å². The van der Waals surface area contributed by atoms with E-state index < -0.39 is 6.04 Å². The summed E-state index contributed by atoms with van der Waals surface area (Å²) in [7, 11) is 0. The molecule has 3 N–H and O–H groups in total. The number of hydrogen-bond donors (Lipinski definition) is 3.